The molecule has 12 rings (SSSR count). The first kappa shape index (κ1) is 31.9. The Balaban J connectivity index is 1.02. The highest BCUT2D eigenvalue weighted by Crippen LogP contribution is 2.44. The van der Waals surface area contributed by atoms with Crippen LogP contribution < -0.4 is 0 Å². The van der Waals surface area contributed by atoms with Crippen molar-refractivity contribution >= 4 is 75.3 Å². The molecule has 266 valence electrons. The summed E-state index contributed by atoms with van der Waals surface area (Å²) < 4.78 is 11.1. The Morgan fingerprint density at radius 3 is 1.74 bits per heavy atom. The quantitative estimate of drug-likeness (QED) is 0.176. The lowest BCUT2D eigenvalue weighted by molar-refractivity contribution is 0.669. The van der Waals surface area contributed by atoms with E-state index in [0.29, 0.717) is 17.5 Å². The lowest BCUT2D eigenvalue weighted by Gasteiger charge is -2.15. The van der Waals surface area contributed by atoms with Gasteiger partial charge in [-0.1, -0.05) is 133 Å². The van der Waals surface area contributed by atoms with Crippen LogP contribution in [-0.4, -0.2) is 19.5 Å². The highest BCUT2D eigenvalue weighted by atomic mass is 32.1. The van der Waals surface area contributed by atoms with E-state index in [0.717, 1.165) is 44.3 Å². The molecule has 0 unspecified atom stereocenters. The van der Waals surface area contributed by atoms with Gasteiger partial charge in [0.05, 0.1) is 16.7 Å². The predicted molar refractivity (Wildman–Crippen MR) is 236 cm³/mol. The van der Waals surface area contributed by atoms with Crippen LogP contribution in [0.5, 0.6) is 0 Å². The Labute approximate surface area is 330 Å². The summed E-state index contributed by atoms with van der Waals surface area (Å²) in [7, 11) is 0. The summed E-state index contributed by atoms with van der Waals surface area (Å²) in [5.74, 6) is 1.85. The molecule has 8 aromatic carbocycles. The van der Waals surface area contributed by atoms with Gasteiger partial charge in [-0.05, 0) is 54.1 Å². The van der Waals surface area contributed by atoms with Gasteiger partial charge in [-0.15, -0.1) is 11.3 Å². The Kier molecular flexibility index (Phi) is 7.03. The van der Waals surface area contributed by atoms with Crippen LogP contribution in [0.15, 0.2) is 186 Å². The number of para-hydroxylation sites is 4. The zero-order chi connectivity index (χ0) is 37.5. The number of fused-ring (bicyclic) bond motifs is 9. The third-order valence-electron chi connectivity index (χ3n) is 11.1. The molecule has 0 radical (unpaired) electrons. The third-order valence-corrected chi connectivity index (χ3v) is 12.2. The van der Waals surface area contributed by atoms with Crippen molar-refractivity contribution in [3.63, 3.8) is 0 Å². The number of nitrogens with zero attached hydrogens (tertiary/aromatic N) is 4. The SMILES string of the molecule is c1ccc(-c2nc(-c3ccc4c(c3)oc3ccccc34)nc(-c3ccc4c(c3)sc3cccc(-c5ccccc5-n5c6ccccc6c6ccccc65)c34)n2)cc1. The average molecular weight is 747 g/mol. The molecule has 0 bridgehead atoms. The van der Waals surface area contributed by atoms with Gasteiger partial charge in [-0.3, -0.25) is 0 Å². The summed E-state index contributed by atoms with van der Waals surface area (Å²) >= 11 is 1.80. The monoisotopic (exact) mass is 746 g/mol. The second-order valence-electron chi connectivity index (χ2n) is 14.4. The van der Waals surface area contributed by atoms with E-state index in [-0.39, 0.29) is 0 Å². The minimum absolute atomic E-state index is 0.599. The van der Waals surface area contributed by atoms with Gasteiger partial charge < -0.3 is 8.98 Å². The molecule has 4 heterocycles. The summed E-state index contributed by atoms with van der Waals surface area (Å²) in [6.45, 7) is 0. The van der Waals surface area contributed by atoms with Crippen LogP contribution in [-0.2, 0) is 0 Å². The van der Waals surface area contributed by atoms with E-state index in [1.807, 2.05) is 54.6 Å². The fourth-order valence-corrected chi connectivity index (χ4v) is 9.65. The zero-order valence-corrected chi connectivity index (χ0v) is 31.2. The highest BCUT2D eigenvalue weighted by molar-refractivity contribution is 7.26. The van der Waals surface area contributed by atoms with Gasteiger partial charge >= 0.3 is 0 Å². The van der Waals surface area contributed by atoms with Crippen LogP contribution >= 0.6 is 11.3 Å². The average Bonchev–Trinajstić information content (AvgIpc) is 3.95. The molecule has 57 heavy (non-hydrogen) atoms. The molecule has 0 atom stereocenters. The Bertz CT molecular complexity index is 3490. The van der Waals surface area contributed by atoms with Crippen molar-refractivity contribution in [3.8, 4) is 51.0 Å². The minimum Gasteiger partial charge on any atom is -0.456 e. The molecule has 0 amide bonds. The molecule has 12 aromatic rings. The predicted octanol–water partition coefficient (Wildman–Crippen LogP) is 13.9. The highest BCUT2D eigenvalue weighted by Gasteiger charge is 2.20. The summed E-state index contributed by atoms with van der Waals surface area (Å²) in [6, 6.07) is 63.9. The fraction of sp³-hybridized carbons (Fsp3) is 0. The second kappa shape index (κ2) is 12.6. The first-order valence-corrected chi connectivity index (χ1v) is 19.8. The van der Waals surface area contributed by atoms with E-state index in [1.165, 1.54) is 53.1 Å². The molecule has 0 aliphatic heterocycles. The molecule has 0 saturated heterocycles. The van der Waals surface area contributed by atoms with E-state index in [4.69, 9.17) is 19.4 Å². The molecule has 0 N–H and O–H groups in total. The normalized spacial score (nSPS) is 11.9. The number of rotatable bonds is 5. The first-order valence-electron chi connectivity index (χ1n) is 19.0. The molecule has 4 aromatic heterocycles. The number of aromatic nitrogens is 4. The van der Waals surface area contributed by atoms with E-state index in [9.17, 15) is 0 Å². The Hall–Kier alpha value is -7.41. The lowest BCUT2D eigenvalue weighted by atomic mass is 9.97. The van der Waals surface area contributed by atoms with Gasteiger partial charge in [0.1, 0.15) is 11.2 Å². The largest absolute Gasteiger partial charge is 0.456 e. The molecule has 0 saturated carbocycles. The smallest absolute Gasteiger partial charge is 0.164 e. The number of hydrogen-bond donors (Lipinski definition) is 0. The van der Waals surface area contributed by atoms with Crippen LogP contribution in [0.1, 0.15) is 0 Å². The number of thiophene rings is 1. The molecule has 0 spiro atoms. The molecule has 6 heteroatoms. The fourth-order valence-electron chi connectivity index (χ4n) is 8.48. The third kappa shape index (κ3) is 5.04. The number of benzene rings is 8. The van der Waals surface area contributed by atoms with Crippen molar-refractivity contribution in [2.75, 3.05) is 0 Å². The molecule has 5 nitrogen and oxygen atoms in total. The maximum absolute atomic E-state index is 6.26. The van der Waals surface area contributed by atoms with Gasteiger partial charge in [0.15, 0.2) is 17.5 Å². The summed E-state index contributed by atoms with van der Waals surface area (Å²) in [6.07, 6.45) is 0. The summed E-state index contributed by atoms with van der Waals surface area (Å²) in [5, 5.41) is 7.12. The number of hydrogen-bond acceptors (Lipinski definition) is 5. The first-order chi connectivity index (χ1) is 28.2. The van der Waals surface area contributed by atoms with Crippen molar-refractivity contribution in [1.82, 2.24) is 19.5 Å². The van der Waals surface area contributed by atoms with E-state index in [2.05, 4.69) is 132 Å². The van der Waals surface area contributed by atoms with Crippen LogP contribution in [0.25, 0.3) is 115 Å². The van der Waals surface area contributed by atoms with Gasteiger partial charge in [-0.25, -0.2) is 15.0 Å². The summed E-state index contributed by atoms with van der Waals surface area (Å²) in [5.41, 5.74) is 10.4. The number of furan rings is 1. The molecular weight excluding hydrogens is 717 g/mol. The summed E-state index contributed by atoms with van der Waals surface area (Å²) in [4.78, 5) is 15.2. The van der Waals surface area contributed by atoms with Crippen molar-refractivity contribution in [2.24, 2.45) is 0 Å². The van der Waals surface area contributed by atoms with E-state index >= 15 is 0 Å². The van der Waals surface area contributed by atoms with Crippen molar-refractivity contribution in [3.05, 3.63) is 182 Å². The van der Waals surface area contributed by atoms with Crippen LogP contribution in [0.2, 0.25) is 0 Å². The maximum atomic E-state index is 6.26. The van der Waals surface area contributed by atoms with E-state index < -0.39 is 0 Å². The van der Waals surface area contributed by atoms with Gasteiger partial charge in [0, 0.05) is 64.0 Å². The Morgan fingerprint density at radius 2 is 0.965 bits per heavy atom. The van der Waals surface area contributed by atoms with Gasteiger partial charge in [0.25, 0.3) is 0 Å². The molecule has 0 aliphatic rings. The maximum Gasteiger partial charge on any atom is 0.164 e. The van der Waals surface area contributed by atoms with Crippen LogP contribution in [0.3, 0.4) is 0 Å². The molecule has 0 fully saturated rings. The lowest BCUT2D eigenvalue weighted by Crippen LogP contribution is -2.00. The second-order valence-corrected chi connectivity index (χ2v) is 15.4. The topological polar surface area (TPSA) is 56.7 Å². The standard InChI is InChI=1S/C51H30N4OS/c1-2-13-31(14-3-1)49-52-50(32-25-27-38-37-18-7-11-23-44(37)56-45(38)29-32)54-51(53-49)33-26-28-40-47(30-33)57-46-24-12-19-39(48(40)46)36-17-6-10-22-43(36)55-41-20-8-4-15-34(41)35-16-5-9-21-42(35)55/h1-30H. The van der Waals surface area contributed by atoms with Gasteiger partial charge in [0.2, 0.25) is 0 Å². The Morgan fingerprint density at radius 1 is 0.386 bits per heavy atom. The molecular formula is C51H30N4OS. The molecule has 0 aliphatic carbocycles. The minimum atomic E-state index is 0.599. The van der Waals surface area contributed by atoms with Crippen LogP contribution in [0, 0.1) is 0 Å². The van der Waals surface area contributed by atoms with Crippen molar-refractivity contribution < 1.29 is 4.42 Å². The van der Waals surface area contributed by atoms with Gasteiger partial charge in [-0.2, -0.15) is 0 Å². The zero-order valence-electron chi connectivity index (χ0n) is 30.4. The van der Waals surface area contributed by atoms with Crippen molar-refractivity contribution in [2.45, 2.75) is 0 Å². The van der Waals surface area contributed by atoms with Crippen LogP contribution in [0.4, 0.5) is 0 Å². The van der Waals surface area contributed by atoms with E-state index in [1.54, 1.807) is 11.3 Å². The van der Waals surface area contributed by atoms with Crippen molar-refractivity contribution in [1.29, 1.82) is 0 Å².